The second-order valence-corrected chi connectivity index (χ2v) is 6.30. The molecule has 2 aromatic carbocycles. The lowest BCUT2D eigenvalue weighted by molar-refractivity contribution is -0.148. The number of methoxy groups -OCH3 is 3. The number of hydrogen-bond acceptors (Lipinski definition) is 6. The number of nitrogens with one attached hydrogen (secondary N) is 1. The zero-order valence-corrected chi connectivity index (χ0v) is 17.0. The van der Waals surface area contributed by atoms with Crippen molar-refractivity contribution >= 4 is 11.9 Å². The van der Waals surface area contributed by atoms with Gasteiger partial charge in [-0.1, -0.05) is 18.2 Å². The third-order valence-electron chi connectivity index (χ3n) is 4.32. The summed E-state index contributed by atoms with van der Waals surface area (Å²) in [6.45, 7) is 0.182. The SMILES string of the molecule is COc1ccc(CCNC(=O)COC(=O)CCc2ccc(OC)c(OC)c2)cc1. The predicted molar refractivity (Wildman–Crippen MR) is 109 cm³/mol. The van der Waals surface area contributed by atoms with Crippen molar-refractivity contribution < 1.29 is 28.5 Å². The van der Waals surface area contributed by atoms with E-state index < -0.39 is 5.97 Å². The van der Waals surface area contributed by atoms with Gasteiger partial charge in [-0.05, 0) is 48.2 Å². The molecule has 0 atom stereocenters. The summed E-state index contributed by atoms with van der Waals surface area (Å²) in [5.74, 6) is 1.28. The van der Waals surface area contributed by atoms with Crippen molar-refractivity contribution in [2.45, 2.75) is 19.3 Å². The van der Waals surface area contributed by atoms with Crippen LogP contribution in [0.4, 0.5) is 0 Å². The minimum atomic E-state index is -0.426. The van der Waals surface area contributed by atoms with E-state index >= 15 is 0 Å². The van der Waals surface area contributed by atoms with Gasteiger partial charge in [-0.15, -0.1) is 0 Å². The molecule has 0 fully saturated rings. The van der Waals surface area contributed by atoms with Crippen molar-refractivity contribution in [3.63, 3.8) is 0 Å². The molecule has 0 aliphatic heterocycles. The summed E-state index contributed by atoms with van der Waals surface area (Å²) in [6.07, 6.45) is 1.34. The van der Waals surface area contributed by atoms with E-state index in [4.69, 9.17) is 18.9 Å². The minimum absolute atomic E-state index is 0.175. The molecule has 0 aliphatic rings. The first-order valence-corrected chi connectivity index (χ1v) is 9.32. The fourth-order valence-corrected chi connectivity index (χ4v) is 2.69. The molecule has 7 nitrogen and oxygen atoms in total. The van der Waals surface area contributed by atoms with Crippen LogP contribution >= 0.6 is 0 Å². The first-order chi connectivity index (χ1) is 14.0. The Kier molecular flexibility index (Phi) is 8.82. The summed E-state index contributed by atoms with van der Waals surface area (Å²) in [4.78, 5) is 23.7. The van der Waals surface area contributed by atoms with Gasteiger partial charge < -0.3 is 24.3 Å². The van der Waals surface area contributed by atoms with E-state index in [9.17, 15) is 9.59 Å². The average molecular weight is 401 g/mol. The number of carbonyl (C=O) groups excluding carboxylic acids is 2. The van der Waals surface area contributed by atoms with Gasteiger partial charge in [-0.2, -0.15) is 0 Å². The number of aryl methyl sites for hydroxylation is 1. The zero-order chi connectivity index (χ0) is 21.1. The van der Waals surface area contributed by atoms with E-state index in [0.29, 0.717) is 30.9 Å². The topological polar surface area (TPSA) is 83.1 Å². The molecule has 0 aromatic heterocycles. The molecule has 29 heavy (non-hydrogen) atoms. The van der Waals surface area contributed by atoms with Gasteiger partial charge in [0.2, 0.25) is 0 Å². The fraction of sp³-hybridized carbons (Fsp3) is 0.364. The van der Waals surface area contributed by atoms with Gasteiger partial charge in [0.05, 0.1) is 21.3 Å². The number of rotatable bonds is 11. The summed E-state index contributed by atoms with van der Waals surface area (Å²) < 4.78 is 20.6. The van der Waals surface area contributed by atoms with Gasteiger partial charge in [-0.3, -0.25) is 9.59 Å². The average Bonchev–Trinajstić information content (AvgIpc) is 2.76. The molecule has 1 N–H and O–H groups in total. The van der Waals surface area contributed by atoms with E-state index in [1.165, 1.54) is 0 Å². The van der Waals surface area contributed by atoms with Crippen LogP contribution in [0, 0.1) is 0 Å². The molecule has 0 bridgehead atoms. The quantitative estimate of drug-likeness (QED) is 0.583. The Bertz CT molecular complexity index is 803. The zero-order valence-electron chi connectivity index (χ0n) is 17.0. The molecule has 0 radical (unpaired) electrons. The molecular weight excluding hydrogens is 374 g/mol. The van der Waals surface area contributed by atoms with Gasteiger partial charge in [-0.25, -0.2) is 0 Å². The Morgan fingerprint density at radius 2 is 1.52 bits per heavy atom. The van der Waals surface area contributed by atoms with Gasteiger partial charge >= 0.3 is 5.97 Å². The van der Waals surface area contributed by atoms with Crippen LogP contribution in [-0.2, 0) is 27.2 Å². The van der Waals surface area contributed by atoms with Crippen LogP contribution < -0.4 is 19.5 Å². The lowest BCUT2D eigenvalue weighted by Crippen LogP contribution is -2.30. The Morgan fingerprint density at radius 3 is 2.17 bits per heavy atom. The van der Waals surface area contributed by atoms with Gasteiger partial charge in [0.15, 0.2) is 18.1 Å². The normalized spacial score (nSPS) is 10.2. The highest BCUT2D eigenvalue weighted by atomic mass is 16.5. The molecule has 2 rings (SSSR count). The van der Waals surface area contributed by atoms with E-state index in [0.717, 1.165) is 16.9 Å². The number of ether oxygens (including phenoxy) is 4. The van der Waals surface area contributed by atoms with Crippen LogP contribution in [0.2, 0.25) is 0 Å². The van der Waals surface area contributed by atoms with E-state index in [-0.39, 0.29) is 18.9 Å². The summed E-state index contributed by atoms with van der Waals surface area (Å²) >= 11 is 0. The predicted octanol–water partition coefficient (Wildman–Crippen LogP) is 2.55. The smallest absolute Gasteiger partial charge is 0.306 e. The van der Waals surface area contributed by atoms with E-state index in [1.807, 2.05) is 36.4 Å². The van der Waals surface area contributed by atoms with Gasteiger partial charge in [0.25, 0.3) is 5.91 Å². The van der Waals surface area contributed by atoms with Crippen LogP contribution in [0.5, 0.6) is 17.2 Å². The Labute approximate surface area is 170 Å². The number of amides is 1. The maximum Gasteiger partial charge on any atom is 0.306 e. The highest BCUT2D eigenvalue weighted by molar-refractivity contribution is 5.80. The highest BCUT2D eigenvalue weighted by Gasteiger charge is 2.10. The molecule has 0 unspecified atom stereocenters. The maximum atomic E-state index is 11.9. The summed E-state index contributed by atoms with van der Waals surface area (Å²) in [5, 5.41) is 2.74. The molecule has 156 valence electrons. The third-order valence-corrected chi connectivity index (χ3v) is 4.32. The fourth-order valence-electron chi connectivity index (χ4n) is 2.69. The molecule has 0 saturated carbocycles. The van der Waals surface area contributed by atoms with Gasteiger partial charge in [0.1, 0.15) is 5.75 Å². The van der Waals surface area contributed by atoms with Crippen molar-refractivity contribution in [1.82, 2.24) is 5.32 Å². The lowest BCUT2D eigenvalue weighted by Gasteiger charge is -2.10. The molecule has 1 amide bonds. The number of esters is 1. The summed E-state index contributed by atoms with van der Waals surface area (Å²) in [6, 6.07) is 13.1. The maximum absolute atomic E-state index is 11.9. The molecule has 0 saturated heterocycles. The second kappa shape index (κ2) is 11.6. The Balaban J connectivity index is 1.65. The monoisotopic (exact) mass is 401 g/mol. The molecule has 0 spiro atoms. The van der Waals surface area contributed by atoms with Crippen LogP contribution in [0.3, 0.4) is 0 Å². The largest absolute Gasteiger partial charge is 0.497 e. The van der Waals surface area contributed by atoms with Gasteiger partial charge in [0, 0.05) is 13.0 Å². The number of benzene rings is 2. The van der Waals surface area contributed by atoms with Crippen molar-refractivity contribution in [3.8, 4) is 17.2 Å². The molecule has 7 heteroatoms. The Hall–Kier alpha value is -3.22. The highest BCUT2D eigenvalue weighted by Crippen LogP contribution is 2.27. The first kappa shape index (κ1) is 22.1. The number of hydrogen-bond donors (Lipinski definition) is 1. The summed E-state index contributed by atoms with van der Waals surface area (Å²) in [5.41, 5.74) is 2.00. The molecule has 2 aromatic rings. The van der Waals surface area contributed by atoms with Crippen LogP contribution in [0.1, 0.15) is 17.5 Å². The molecule has 0 aliphatic carbocycles. The molecule has 0 heterocycles. The standard InChI is InChI=1S/C22H27NO6/c1-26-18-8-4-16(5-9-18)12-13-23-21(24)15-29-22(25)11-7-17-6-10-19(27-2)20(14-17)28-3/h4-6,8-10,14H,7,11-13,15H2,1-3H3,(H,23,24). The summed E-state index contributed by atoms with van der Waals surface area (Å²) in [7, 11) is 4.74. The van der Waals surface area contributed by atoms with Crippen molar-refractivity contribution in [3.05, 3.63) is 53.6 Å². The minimum Gasteiger partial charge on any atom is -0.497 e. The third kappa shape index (κ3) is 7.37. The second-order valence-electron chi connectivity index (χ2n) is 6.30. The molecular formula is C22H27NO6. The van der Waals surface area contributed by atoms with E-state index in [2.05, 4.69) is 5.32 Å². The van der Waals surface area contributed by atoms with Crippen LogP contribution in [-0.4, -0.2) is 46.4 Å². The van der Waals surface area contributed by atoms with Crippen LogP contribution in [0.15, 0.2) is 42.5 Å². The first-order valence-electron chi connectivity index (χ1n) is 9.32. The van der Waals surface area contributed by atoms with Crippen molar-refractivity contribution in [2.75, 3.05) is 34.5 Å². The van der Waals surface area contributed by atoms with Crippen molar-refractivity contribution in [2.24, 2.45) is 0 Å². The van der Waals surface area contributed by atoms with Crippen LogP contribution in [0.25, 0.3) is 0 Å². The Morgan fingerprint density at radius 1 is 0.828 bits per heavy atom. The lowest BCUT2D eigenvalue weighted by atomic mass is 10.1. The van der Waals surface area contributed by atoms with Crippen molar-refractivity contribution in [1.29, 1.82) is 0 Å². The van der Waals surface area contributed by atoms with E-state index in [1.54, 1.807) is 27.4 Å². The number of carbonyl (C=O) groups is 2.